The van der Waals surface area contributed by atoms with Crippen molar-refractivity contribution in [3.05, 3.63) is 35.4 Å². The molecule has 0 aromatic heterocycles. The summed E-state index contributed by atoms with van der Waals surface area (Å²) >= 11 is 0. The van der Waals surface area contributed by atoms with E-state index in [1.807, 2.05) is 13.8 Å². The van der Waals surface area contributed by atoms with E-state index in [4.69, 9.17) is 5.11 Å². The van der Waals surface area contributed by atoms with Gasteiger partial charge in [0.1, 0.15) is 0 Å². The van der Waals surface area contributed by atoms with Gasteiger partial charge in [-0.1, -0.05) is 12.1 Å². The second kappa shape index (κ2) is 6.91. The van der Waals surface area contributed by atoms with Gasteiger partial charge in [0.15, 0.2) is 0 Å². The largest absolute Gasteiger partial charge is 0.416 e. The van der Waals surface area contributed by atoms with Gasteiger partial charge < -0.3 is 5.11 Å². The second-order valence-electron chi connectivity index (χ2n) is 4.84. The summed E-state index contributed by atoms with van der Waals surface area (Å²) in [5.74, 6) is 0. The van der Waals surface area contributed by atoms with Crippen molar-refractivity contribution in [2.75, 3.05) is 13.2 Å². The third-order valence-electron chi connectivity index (χ3n) is 3.00. The van der Waals surface area contributed by atoms with Gasteiger partial charge in [-0.05, 0) is 38.0 Å². The minimum atomic E-state index is -4.28. The first kappa shape index (κ1) is 16.0. The van der Waals surface area contributed by atoms with Gasteiger partial charge in [-0.2, -0.15) is 13.2 Å². The molecule has 0 aliphatic heterocycles. The Hall–Kier alpha value is -1.07. The molecule has 0 aliphatic rings. The van der Waals surface area contributed by atoms with Crippen LogP contribution in [0.5, 0.6) is 0 Å². The summed E-state index contributed by atoms with van der Waals surface area (Å²) < 4.78 is 37.3. The zero-order valence-electron chi connectivity index (χ0n) is 11.2. The lowest BCUT2D eigenvalue weighted by molar-refractivity contribution is -0.137. The number of hydrogen-bond acceptors (Lipinski definition) is 2. The van der Waals surface area contributed by atoms with Crippen LogP contribution in [0, 0.1) is 0 Å². The minimum Gasteiger partial charge on any atom is -0.396 e. The van der Waals surface area contributed by atoms with Crippen molar-refractivity contribution in [1.29, 1.82) is 0 Å². The van der Waals surface area contributed by atoms with Gasteiger partial charge in [0.2, 0.25) is 0 Å². The Labute approximate surface area is 111 Å². The lowest BCUT2D eigenvalue weighted by Crippen LogP contribution is -2.31. The Kier molecular flexibility index (Phi) is 5.82. The average Bonchev–Trinajstić information content (AvgIpc) is 2.33. The lowest BCUT2D eigenvalue weighted by Gasteiger charge is -2.26. The van der Waals surface area contributed by atoms with E-state index < -0.39 is 11.7 Å². The van der Waals surface area contributed by atoms with Crippen LogP contribution in [0.2, 0.25) is 0 Å². The fourth-order valence-corrected chi connectivity index (χ4v) is 1.83. The Morgan fingerprint density at radius 3 is 2.16 bits per heavy atom. The van der Waals surface area contributed by atoms with Crippen LogP contribution in [0.25, 0.3) is 0 Å². The molecule has 0 aliphatic carbocycles. The lowest BCUT2D eigenvalue weighted by atomic mass is 10.1. The van der Waals surface area contributed by atoms with E-state index >= 15 is 0 Å². The standard InChI is InChI=1S/C14H20F3NO/c1-11(2)18(8-3-9-19)10-12-4-6-13(7-5-12)14(15,16)17/h4-7,11,19H,3,8-10H2,1-2H3. The molecule has 1 N–H and O–H groups in total. The van der Waals surface area contributed by atoms with Gasteiger partial charge >= 0.3 is 6.18 Å². The van der Waals surface area contributed by atoms with Crippen molar-refractivity contribution >= 4 is 0 Å². The van der Waals surface area contributed by atoms with Crippen molar-refractivity contribution in [2.24, 2.45) is 0 Å². The smallest absolute Gasteiger partial charge is 0.396 e. The maximum atomic E-state index is 12.4. The molecule has 0 radical (unpaired) electrons. The molecule has 0 amide bonds. The van der Waals surface area contributed by atoms with E-state index in [1.54, 1.807) is 0 Å². The number of alkyl halides is 3. The summed E-state index contributed by atoms with van der Waals surface area (Å²) in [6.07, 6.45) is -3.62. The van der Waals surface area contributed by atoms with Crippen LogP contribution in [-0.4, -0.2) is 29.2 Å². The van der Waals surface area contributed by atoms with E-state index in [0.717, 1.165) is 24.2 Å². The molecular formula is C14H20F3NO. The first-order valence-electron chi connectivity index (χ1n) is 6.35. The molecule has 0 atom stereocenters. The Balaban J connectivity index is 2.69. The van der Waals surface area contributed by atoms with E-state index in [-0.39, 0.29) is 12.6 Å². The predicted octanol–water partition coefficient (Wildman–Crippen LogP) is 3.30. The quantitative estimate of drug-likeness (QED) is 0.861. The van der Waals surface area contributed by atoms with Crippen LogP contribution in [0.1, 0.15) is 31.4 Å². The Morgan fingerprint density at radius 1 is 1.16 bits per heavy atom. The zero-order valence-corrected chi connectivity index (χ0v) is 11.2. The van der Waals surface area contributed by atoms with Crippen LogP contribution in [0.3, 0.4) is 0 Å². The van der Waals surface area contributed by atoms with Gasteiger partial charge in [0.25, 0.3) is 0 Å². The van der Waals surface area contributed by atoms with Crippen LogP contribution in [0.4, 0.5) is 13.2 Å². The Bertz CT molecular complexity index is 373. The van der Waals surface area contributed by atoms with Crippen LogP contribution in [-0.2, 0) is 12.7 Å². The molecule has 1 aromatic rings. The fourth-order valence-electron chi connectivity index (χ4n) is 1.83. The number of benzene rings is 1. The molecule has 0 heterocycles. The number of halogens is 3. The monoisotopic (exact) mass is 275 g/mol. The highest BCUT2D eigenvalue weighted by Gasteiger charge is 2.29. The van der Waals surface area contributed by atoms with Crippen LogP contribution < -0.4 is 0 Å². The van der Waals surface area contributed by atoms with Gasteiger partial charge in [-0.3, -0.25) is 4.90 Å². The second-order valence-corrected chi connectivity index (χ2v) is 4.84. The zero-order chi connectivity index (χ0) is 14.5. The molecule has 1 aromatic carbocycles. The van der Waals surface area contributed by atoms with Crippen molar-refractivity contribution in [3.63, 3.8) is 0 Å². The van der Waals surface area contributed by atoms with E-state index in [1.165, 1.54) is 12.1 Å². The summed E-state index contributed by atoms with van der Waals surface area (Å²) in [6.45, 7) is 5.50. The maximum absolute atomic E-state index is 12.4. The summed E-state index contributed by atoms with van der Waals surface area (Å²) in [4.78, 5) is 2.12. The first-order chi connectivity index (χ1) is 8.84. The summed E-state index contributed by atoms with van der Waals surface area (Å²) in [5, 5.41) is 8.84. The third-order valence-corrected chi connectivity index (χ3v) is 3.00. The summed E-state index contributed by atoms with van der Waals surface area (Å²) in [6, 6.07) is 5.53. The number of rotatable bonds is 6. The topological polar surface area (TPSA) is 23.5 Å². The normalized spacial score (nSPS) is 12.4. The predicted molar refractivity (Wildman–Crippen MR) is 68.7 cm³/mol. The molecule has 1 rings (SSSR count). The van der Waals surface area contributed by atoms with Gasteiger partial charge in [-0.15, -0.1) is 0 Å². The number of nitrogens with zero attached hydrogens (tertiary/aromatic N) is 1. The highest BCUT2D eigenvalue weighted by atomic mass is 19.4. The Morgan fingerprint density at radius 2 is 1.74 bits per heavy atom. The number of aliphatic hydroxyl groups excluding tert-OH is 1. The van der Waals surface area contributed by atoms with E-state index in [0.29, 0.717) is 13.0 Å². The maximum Gasteiger partial charge on any atom is 0.416 e. The van der Waals surface area contributed by atoms with Crippen LogP contribution in [0.15, 0.2) is 24.3 Å². The fraction of sp³-hybridized carbons (Fsp3) is 0.571. The molecule has 19 heavy (non-hydrogen) atoms. The van der Waals surface area contributed by atoms with Crippen LogP contribution >= 0.6 is 0 Å². The average molecular weight is 275 g/mol. The van der Waals surface area contributed by atoms with Crippen molar-refractivity contribution in [2.45, 2.75) is 39.0 Å². The SMILES string of the molecule is CC(C)N(CCCO)Cc1ccc(C(F)(F)F)cc1. The third kappa shape index (κ3) is 5.20. The first-order valence-corrected chi connectivity index (χ1v) is 6.35. The molecule has 0 unspecified atom stereocenters. The minimum absolute atomic E-state index is 0.121. The molecule has 0 saturated heterocycles. The van der Waals surface area contributed by atoms with Crippen molar-refractivity contribution in [1.82, 2.24) is 4.90 Å². The summed E-state index contributed by atoms with van der Waals surface area (Å²) in [7, 11) is 0. The number of aliphatic hydroxyl groups is 1. The number of hydrogen-bond donors (Lipinski definition) is 1. The van der Waals surface area contributed by atoms with Gasteiger partial charge in [-0.25, -0.2) is 0 Å². The van der Waals surface area contributed by atoms with Crippen molar-refractivity contribution in [3.8, 4) is 0 Å². The molecule has 108 valence electrons. The van der Waals surface area contributed by atoms with Gasteiger partial charge in [0.05, 0.1) is 5.56 Å². The van der Waals surface area contributed by atoms with E-state index in [9.17, 15) is 13.2 Å². The summed E-state index contributed by atoms with van der Waals surface area (Å²) in [5.41, 5.74) is 0.224. The molecule has 0 fully saturated rings. The molecular weight excluding hydrogens is 255 g/mol. The molecule has 0 bridgehead atoms. The molecule has 5 heteroatoms. The molecule has 0 spiro atoms. The molecule has 2 nitrogen and oxygen atoms in total. The highest BCUT2D eigenvalue weighted by Crippen LogP contribution is 2.29. The highest BCUT2D eigenvalue weighted by molar-refractivity contribution is 5.24. The van der Waals surface area contributed by atoms with Crippen molar-refractivity contribution < 1.29 is 18.3 Å². The molecule has 0 saturated carbocycles. The van der Waals surface area contributed by atoms with E-state index in [2.05, 4.69) is 4.90 Å². The van der Waals surface area contributed by atoms with Gasteiger partial charge in [0, 0.05) is 25.7 Å².